The molecule has 0 amide bonds. The van der Waals surface area contributed by atoms with Crippen LogP contribution in [-0.2, 0) is 4.74 Å². The third kappa shape index (κ3) is 1.42. The summed E-state index contributed by atoms with van der Waals surface area (Å²) < 4.78 is 6.74. The summed E-state index contributed by atoms with van der Waals surface area (Å²) in [5, 5.41) is 0. The average Bonchev–Trinajstić information content (AvgIpc) is 3.12. The molecule has 1 heteroatoms. The van der Waals surface area contributed by atoms with Crippen molar-refractivity contribution in [1.29, 1.82) is 0 Å². The third-order valence-corrected chi connectivity index (χ3v) is 9.64. The summed E-state index contributed by atoms with van der Waals surface area (Å²) >= 11 is 0. The molecular formula is C21H34O. The van der Waals surface area contributed by atoms with Crippen LogP contribution in [0.1, 0.15) is 85.0 Å². The minimum atomic E-state index is 0.323. The molecule has 2 unspecified atom stereocenters. The molecule has 0 radical (unpaired) electrons. The van der Waals surface area contributed by atoms with Gasteiger partial charge in [-0.3, -0.25) is 0 Å². The van der Waals surface area contributed by atoms with Crippen molar-refractivity contribution < 1.29 is 4.74 Å². The van der Waals surface area contributed by atoms with E-state index < -0.39 is 0 Å². The van der Waals surface area contributed by atoms with E-state index in [1.807, 2.05) is 0 Å². The van der Waals surface area contributed by atoms with Crippen molar-refractivity contribution in [3.8, 4) is 0 Å². The maximum absolute atomic E-state index is 6.74. The van der Waals surface area contributed by atoms with Crippen LogP contribution in [0.5, 0.6) is 0 Å². The fourth-order valence-electron chi connectivity index (χ4n) is 8.52. The fraction of sp³-hybridized carbons (Fsp3) is 1.00. The molecule has 0 aromatic heterocycles. The second-order valence-corrected chi connectivity index (χ2v) is 9.94. The summed E-state index contributed by atoms with van der Waals surface area (Å²) in [5.41, 5.74) is 1.44. The van der Waals surface area contributed by atoms with Crippen molar-refractivity contribution in [2.45, 2.75) is 96.7 Å². The van der Waals surface area contributed by atoms with Gasteiger partial charge in [0.2, 0.25) is 0 Å². The molecule has 22 heavy (non-hydrogen) atoms. The average molecular weight is 303 g/mol. The molecule has 5 rings (SSSR count). The SMILES string of the molecule is CC[C@H]1CC[C@H]2[C@@H]3CCC4CCCC[C@]4(C)[C@]34OC4C[C@]12C. The van der Waals surface area contributed by atoms with E-state index >= 15 is 0 Å². The topological polar surface area (TPSA) is 12.5 Å². The van der Waals surface area contributed by atoms with Crippen LogP contribution in [0.3, 0.4) is 0 Å². The number of rotatable bonds is 1. The number of hydrogen-bond acceptors (Lipinski definition) is 1. The molecule has 1 heterocycles. The minimum absolute atomic E-state index is 0.323. The van der Waals surface area contributed by atoms with Crippen LogP contribution in [0.2, 0.25) is 0 Å². The summed E-state index contributed by atoms with van der Waals surface area (Å²) in [6, 6.07) is 0. The number of ether oxygens (including phenoxy) is 1. The van der Waals surface area contributed by atoms with Crippen LogP contribution in [-0.4, -0.2) is 11.7 Å². The van der Waals surface area contributed by atoms with Crippen molar-refractivity contribution in [2.24, 2.45) is 34.5 Å². The Balaban J connectivity index is 1.54. The third-order valence-electron chi connectivity index (χ3n) is 9.64. The van der Waals surface area contributed by atoms with Crippen LogP contribution in [0.15, 0.2) is 0 Å². The lowest BCUT2D eigenvalue weighted by molar-refractivity contribution is -0.101. The molecule has 1 saturated heterocycles. The van der Waals surface area contributed by atoms with Crippen molar-refractivity contribution >= 4 is 0 Å². The van der Waals surface area contributed by atoms with Crippen molar-refractivity contribution in [3.05, 3.63) is 0 Å². The molecular weight excluding hydrogens is 268 g/mol. The molecule has 1 nitrogen and oxygen atoms in total. The van der Waals surface area contributed by atoms with E-state index in [1.165, 1.54) is 64.2 Å². The summed E-state index contributed by atoms with van der Waals surface area (Å²) in [4.78, 5) is 0. The molecule has 5 fully saturated rings. The van der Waals surface area contributed by atoms with Crippen molar-refractivity contribution in [2.75, 3.05) is 0 Å². The second-order valence-electron chi connectivity index (χ2n) is 9.94. The van der Waals surface area contributed by atoms with Crippen LogP contribution in [0, 0.1) is 34.5 Å². The van der Waals surface area contributed by atoms with Crippen LogP contribution in [0.25, 0.3) is 0 Å². The Morgan fingerprint density at radius 1 is 0.955 bits per heavy atom. The Morgan fingerprint density at radius 2 is 1.77 bits per heavy atom. The first-order chi connectivity index (χ1) is 10.6. The lowest BCUT2D eigenvalue weighted by Gasteiger charge is -2.58. The molecule has 4 saturated carbocycles. The Morgan fingerprint density at radius 3 is 2.59 bits per heavy atom. The van der Waals surface area contributed by atoms with Crippen LogP contribution >= 0.6 is 0 Å². The molecule has 1 spiro atoms. The van der Waals surface area contributed by atoms with E-state index in [2.05, 4.69) is 20.8 Å². The van der Waals surface area contributed by atoms with E-state index in [0.717, 1.165) is 23.7 Å². The van der Waals surface area contributed by atoms with Crippen molar-refractivity contribution in [1.82, 2.24) is 0 Å². The zero-order valence-electron chi connectivity index (χ0n) is 14.9. The molecule has 0 N–H and O–H groups in total. The van der Waals surface area contributed by atoms with Gasteiger partial charge in [0, 0.05) is 5.41 Å². The highest BCUT2D eigenvalue weighted by Gasteiger charge is 2.79. The van der Waals surface area contributed by atoms with E-state index in [4.69, 9.17) is 4.74 Å². The Hall–Kier alpha value is -0.0400. The summed E-state index contributed by atoms with van der Waals surface area (Å²) in [6.07, 6.45) is 15.2. The van der Waals surface area contributed by atoms with E-state index in [0.29, 0.717) is 22.5 Å². The highest BCUT2D eigenvalue weighted by molar-refractivity contribution is 5.27. The second kappa shape index (κ2) is 4.32. The van der Waals surface area contributed by atoms with Gasteiger partial charge in [0.15, 0.2) is 0 Å². The maximum atomic E-state index is 6.74. The monoisotopic (exact) mass is 302 g/mol. The Bertz CT molecular complexity index is 486. The zero-order valence-corrected chi connectivity index (χ0v) is 14.9. The molecule has 0 aromatic carbocycles. The summed E-state index contributed by atoms with van der Waals surface area (Å²) in [7, 11) is 0. The van der Waals surface area contributed by atoms with Gasteiger partial charge in [-0.05, 0) is 74.0 Å². The molecule has 0 aromatic rings. The molecule has 124 valence electrons. The van der Waals surface area contributed by atoms with E-state index in [9.17, 15) is 0 Å². The smallest absolute Gasteiger partial charge is 0.103 e. The highest BCUT2D eigenvalue weighted by Crippen LogP contribution is 2.76. The lowest BCUT2D eigenvalue weighted by Crippen LogP contribution is -2.59. The minimum Gasteiger partial charge on any atom is -0.365 e. The van der Waals surface area contributed by atoms with Gasteiger partial charge in [0.1, 0.15) is 5.60 Å². The standard InChI is InChI=1S/C21H34O/c1-4-14-8-10-16-17-11-9-15-7-5-6-12-20(15,3)21(17)18(22-21)13-19(14,16)2/h14-18H,4-13H2,1-3H3/t14-,15?,16-,17-,18?,19+,20-,21-/m0/s1. The predicted octanol–water partition coefficient (Wildman–Crippen LogP) is 5.58. The fourth-order valence-corrected chi connectivity index (χ4v) is 8.52. The first-order valence-corrected chi connectivity index (χ1v) is 10.2. The van der Waals surface area contributed by atoms with Crippen LogP contribution in [0.4, 0.5) is 0 Å². The summed E-state index contributed by atoms with van der Waals surface area (Å²) in [6.45, 7) is 7.70. The normalized spacial score (nSPS) is 62.6. The van der Waals surface area contributed by atoms with E-state index in [-0.39, 0.29) is 0 Å². The maximum Gasteiger partial charge on any atom is 0.103 e. The van der Waals surface area contributed by atoms with Gasteiger partial charge in [-0.1, -0.05) is 40.0 Å². The molecule has 1 aliphatic heterocycles. The zero-order chi connectivity index (χ0) is 15.2. The first-order valence-electron chi connectivity index (χ1n) is 10.2. The molecule has 4 aliphatic carbocycles. The van der Waals surface area contributed by atoms with Gasteiger partial charge in [0.05, 0.1) is 6.10 Å². The van der Waals surface area contributed by atoms with Gasteiger partial charge in [-0.25, -0.2) is 0 Å². The summed E-state index contributed by atoms with van der Waals surface area (Å²) in [5.74, 6) is 3.80. The van der Waals surface area contributed by atoms with Crippen molar-refractivity contribution in [3.63, 3.8) is 0 Å². The van der Waals surface area contributed by atoms with Gasteiger partial charge >= 0.3 is 0 Å². The van der Waals surface area contributed by atoms with Gasteiger partial charge < -0.3 is 4.74 Å². The largest absolute Gasteiger partial charge is 0.365 e. The Labute approximate surface area is 136 Å². The van der Waals surface area contributed by atoms with E-state index in [1.54, 1.807) is 0 Å². The predicted molar refractivity (Wildman–Crippen MR) is 89.6 cm³/mol. The Kier molecular flexibility index (Phi) is 2.81. The van der Waals surface area contributed by atoms with Gasteiger partial charge in [0.25, 0.3) is 0 Å². The number of epoxide rings is 1. The highest BCUT2D eigenvalue weighted by atomic mass is 16.6. The number of hydrogen-bond donors (Lipinski definition) is 0. The molecule has 8 atom stereocenters. The quantitative estimate of drug-likeness (QED) is 0.576. The molecule has 5 aliphatic rings. The lowest BCUT2D eigenvalue weighted by atomic mass is 9.44. The number of fused-ring (bicyclic) bond motifs is 3. The van der Waals surface area contributed by atoms with Crippen LogP contribution < -0.4 is 0 Å². The van der Waals surface area contributed by atoms with Gasteiger partial charge in [-0.15, -0.1) is 0 Å². The first kappa shape index (κ1) is 14.3. The van der Waals surface area contributed by atoms with Gasteiger partial charge in [-0.2, -0.15) is 0 Å². The molecule has 0 bridgehead atoms.